The summed E-state index contributed by atoms with van der Waals surface area (Å²) < 4.78 is 11.2. The number of nitrogens with one attached hydrogen (secondary N) is 1. The van der Waals surface area contributed by atoms with Gasteiger partial charge in [0.25, 0.3) is 0 Å². The lowest BCUT2D eigenvalue weighted by molar-refractivity contribution is -0.116. The molecule has 1 atom stereocenters. The van der Waals surface area contributed by atoms with E-state index >= 15 is 0 Å². The molecule has 0 saturated carbocycles. The third-order valence-electron chi connectivity index (χ3n) is 6.02. The molecule has 0 saturated heterocycles. The molecule has 146 valence electrons. The fourth-order valence-electron chi connectivity index (χ4n) is 4.78. The van der Waals surface area contributed by atoms with E-state index in [-0.39, 0.29) is 11.8 Å². The number of ether oxygens (including phenoxy) is 2. The first-order valence-electron chi connectivity index (χ1n) is 9.98. The number of carbonyl (C=O) groups is 1. The quantitative estimate of drug-likeness (QED) is 0.644. The highest BCUT2D eigenvalue weighted by Crippen LogP contribution is 2.50. The molecule has 0 aromatic heterocycles. The molecule has 3 aromatic carbocycles. The molecule has 4 heteroatoms. The molecular weight excluding hydrogens is 362 g/mol. The lowest BCUT2D eigenvalue weighted by Gasteiger charge is -2.35. The van der Waals surface area contributed by atoms with Crippen molar-refractivity contribution in [2.75, 3.05) is 19.5 Å². The number of benzene rings is 3. The number of methoxy groups -OCH3 is 2. The summed E-state index contributed by atoms with van der Waals surface area (Å²) in [6.07, 6.45) is 2.39. The van der Waals surface area contributed by atoms with Gasteiger partial charge in [-0.2, -0.15) is 0 Å². The highest BCUT2D eigenvalue weighted by molar-refractivity contribution is 6.12. The van der Waals surface area contributed by atoms with Crippen LogP contribution in [0, 0.1) is 0 Å². The summed E-state index contributed by atoms with van der Waals surface area (Å²) in [5, 5.41) is 6.03. The zero-order valence-corrected chi connectivity index (χ0v) is 16.6. The van der Waals surface area contributed by atoms with Crippen molar-refractivity contribution in [2.45, 2.75) is 25.3 Å². The summed E-state index contributed by atoms with van der Waals surface area (Å²) in [6.45, 7) is 0. The van der Waals surface area contributed by atoms with Crippen LogP contribution in [0.1, 0.15) is 36.4 Å². The minimum atomic E-state index is -0.253. The largest absolute Gasteiger partial charge is 0.493 e. The van der Waals surface area contributed by atoms with Gasteiger partial charge in [0.15, 0.2) is 17.3 Å². The first kappa shape index (κ1) is 17.8. The van der Waals surface area contributed by atoms with Gasteiger partial charge in [-0.1, -0.05) is 42.5 Å². The fourth-order valence-corrected chi connectivity index (χ4v) is 4.78. The standard InChI is InChI=1S/C25H23NO3/c1-28-21-12-6-10-18(25(21)29-2)24-23-17(9-5-11-20(23)27)22-16-8-4-3-7-15(16)13-14-19(22)26-24/h3-4,6-8,10,12-14,24,26H,5,9,11H2,1-2H3/t24-/m1/s1. The van der Waals surface area contributed by atoms with Gasteiger partial charge in [0, 0.05) is 28.8 Å². The minimum Gasteiger partial charge on any atom is -0.493 e. The van der Waals surface area contributed by atoms with Crippen molar-refractivity contribution in [3.8, 4) is 11.5 Å². The van der Waals surface area contributed by atoms with E-state index in [2.05, 4.69) is 41.7 Å². The molecule has 29 heavy (non-hydrogen) atoms. The molecule has 1 heterocycles. The molecule has 1 N–H and O–H groups in total. The van der Waals surface area contributed by atoms with Crippen LogP contribution in [-0.2, 0) is 4.79 Å². The van der Waals surface area contributed by atoms with Crippen LogP contribution in [0.5, 0.6) is 11.5 Å². The van der Waals surface area contributed by atoms with Crippen molar-refractivity contribution in [1.82, 2.24) is 0 Å². The van der Waals surface area contributed by atoms with Crippen LogP contribution in [0.2, 0.25) is 0 Å². The highest BCUT2D eigenvalue weighted by Gasteiger charge is 2.36. The molecule has 0 radical (unpaired) electrons. The second kappa shape index (κ2) is 6.96. The van der Waals surface area contributed by atoms with Gasteiger partial charge in [0.05, 0.1) is 20.3 Å². The van der Waals surface area contributed by atoms with Gasteiger partial charge in [-0.3, -0.25) is 4.79 Å². The van der Waals surface area contributed by atoms with Gasteiger partial charge < -0.3 is 14.8 Å². The average molecular weight is 385 g/mol. The Bertz CT molecular complexity index is 1160. The molecule has 0 spiro atoms. The molecular formula is C25H23NO3. The lowest BCUT2D eigenvalue weighted by atomic mass is 9.76. The number of rotatable bonds is 3. The molecule has 1 aliphatic heterocycles. The number of allylic oxidation sites excluding steroid dienone is 1. The SMILES string of the molecule is COc1cccc([C@H]2Nc3ccc4ccccc4c3C3=C2C(=O)CCC3)c1OC. The average Bonchev–Trinajstić information content (AvgIpc) is 2.77. The normalized spacial score (nSPS) is 18.1. The van der Waals surface area contributed by atoms with Crippen LogP contribution in [0.3, 0.4) is 0 Å². The van der Waals surface area contributed by atoms with Crippen molar-refractivity contribution in [2.24, 2.45) is 0 Å². The third-order valence-corrected chi connectivity index (χ3v) is 6.02. The van der Waals surface area contributed by atoms with E-state index in [1.54, 1.807) is 14.2 Å². The van der Waals surface area contributed by atoms with E-state index in [0.717, 1.165) is 29.7 Å². The number of carbonyl (C=O) groups excluding carboxylic acids is 1. The summed E-state index contributed by atoms with van der Waals surface area (Å²) in [6, 6.07) is 18.2. The first-order chi connectivity index (χ1) is 14.2. The van der Waals surface area contributed by atoms with Crippen LogP contribution in [0.4, 0.5) is 5.69 Å². The van der Waals surface area contributed by atoms with Crippen molar-refractivity contribution < 1.29 is 14.3 Å². The zero-order valence-electron chi connectivity index (χ0n) is 16.6. The van der Waals surface area contributed by atoms with E-state index in [1.807, 2.05) is 18.2 Å². The van der Waals surface area contributed by atoms with Gasteiger partial charge in [-0.15, -0.1) is 0 Å². The number of Topliss-reactive ketones (excluding diaryl/α,β-unsaturated/α-hetero) is 1. The predicted molar refractivity (Wildman–Crippen MR) is 116 cm³/mol. The van der Waals surface area contributed by atoms with Gasteiger partial charge >= 0.3 is 0 Å². The molecule has 4 nitrogen and oxygen atoms in total. The van der Waals surface area contributed by atoms with Crippen LogP contribution < -0.4 is 14.8 Å². The van der Waals surface area contributed by atoms with Crippen molar-refractivity contribution in [3.05, 3.63) is 71.3 Å². The Morgan fingerprint density at radius 3 is 2.62 bits per heavy atom. The summed E-state index contributed by atoms with van der Waals surface area (Å²) in [4.78, 5) is 13.1. The van der Waals surface area contributed by atoms with Crippen LogP contribution in [0.25, 0.3) is 16.3 Å². The van der Waals surface area contributed by atoms with Crippen LogP contribution in [-0.4, -0.2) is 20.0 Å². The maximum Gasteiger partial charge on any atom is 0.166 e. The van der Waals surface area contributed by atoms with Gasteiger partial charge in [-0.25, -0.2) is 0 Å². The zero-order chi connectivity index (χ0) is 20.0. The molecule has 2 aliphatic rings. The maximum absolute atomic E-state index is 13.1. The molecule has 3 aromatic rings. The van der Waals surface area contributed by atoms with Gasteiger partial charge in [-0.05, 0) is 41.3 Å². The molecule has 0 fully saturated rings. The Kier molecular flexibility index (Phi) is 4.27. The van der Waals surface area contributed by atoms with E-state index < -0.39 is 0 Å². The maximum atomic E-state index is 13.1. The Morgan fingerprint density at radius 1 is 0.931 bits per heavy atom. The topological polar surface area (TPSA) is 47.6 Å². The summed E-state index contributed by atoms with van der Waals surface area (Å²) >= 11 is 0. The Labute approximate surface area is 170 Å². The monoisotopic (exact) mass is 385 g/mol. The van der Waals surface area contributed by atoms with Crippen LogP contribution in [0.15, 0.2) is 60.2 Å². The van der Waals surface area contributed by atoms with Crippen molar-refractivity contribution in [1.29, 1.82) is 0 Å². The Morgan fingerprint density at radius 2 is 1.79 bits per heavy atom. The second-order valence-electron chi connectivity index (χ2n) is 7.54. The number of fused-ring (bicyclic) bond motifs is 4. The van der Waals surface area contributed by atoms with E-state index in [0.29, 0.717) is 17.9 Å². The summed E-state index contributed by atoms with van der Waals surface area (Å²) in [5.41, 5.74) is 5.19. The Balaban J connectivity index is 1.78. The highest BCUT2D eigenvalue weighted by atomic mass is 16.5. The fraction of sp³-hybridized carbons (Fsp3) is 0.240. The third kappa shape index (κ3) is 2.70. The van der Waals surface area contributed by atoms with Gasteiger partial charge in [0.1, 0.15) is 0 Å². The van der Waals surface area contributed by atoms with Crippen LogP contribution >= 0.6 is 0 Å². The summed E-state index contributed by atoms with van der Waals surface area (Å²) in [7, 11) is 3.28. The smallest absolute Gasteiger partial charge is 0.166 e. The van der Waals surface area contributed by atoms with E-state index in [9.17, 15) is 4.79 Å². The number of para-hydroxylation sites is 1. The number of hydrogen-bond acceptors (Lipinski definition) is 4. The number of anilines is 1. The molecule has 0 amide bonds. The number of ketones is 1. The van der Waals surface area contributed by atoms with Gasteiger partial charge in [0.2, 0.25) is 0 Å². The first-order valence-corrected chi connectivity index (χ1v) is 9.98. The molecule has 0 unspecified atom stereocenters. The summed E-state index contributed by atoms with van der Waals surface area (Å²) in [5.74, 6) is 1.55. The minimum absolute atomic E-state index is 0.215. The van der Waals surface area contributed by atoms with E-state index in [1.165, 1.54) is 21.9 Å². The molecule has 5 rings (SSSR count). The van der Waals surface area contributed by atoms with Crippen molar-refractivity contribution >= 4 is 27.8 Å². The van der Waals surface area contributed by atoms with Crippen molar-refractivity contribution in [3.63, 3.8) is 0 Å². The number of hydrogen-bond donors (Lipinski definition) is 1. The Hall–Kier alpha value is -3.27. The predicted octanol–water partition coefficient (Wildman–Crippen LogP) is 5.53. The molecule has 1 aliphatic carbocycles. The second-order valence-corrected chi connectivity index (χ2v) is 7.54. The molecule has 0 bridgehead atoms. The lowest BCUT2D eigenvalue weighted by Crippen LogP contribution is -2.27. The van der Waals surface area contributed by atoms with E-state index in [4.69, 9.17) is 9.47 Å².